The van der Waals surface area contributed by atoms with Crippen molar-refractivity contribution in [3.63, 3.8) is 0 Å². The molecule has 1 saturated heterocycles. The lowest BCUT2D eigenvalue weighted by Crippen LogP contribution is -2.47. The molecule has 1 aliphatic rings. The minimum atomic E-state index is -4.59. The lowest BCUT2D eigenvalue weighted by Gasteiger charge is -2.32. The van der Waals surface area contributed by atoms with Crippen molar-refractivity contribution in [3.8, 4) is 0 Å². The van der Waals surface area contributed by atoms with Gasteiger partial charge in [-0.15, -0.1) is 0 Å². The molecule has 0 radical (unpaired) electrons. The maximum Gasteiger partial charge on any atom is 0.341 e. The van der Waals surface area contributed by atoms with Gasteiger partial charge in [-0.3, -0.25) is 4.79 Å². The molecule has 0 aliphatic carbocycles. The second-order valence-electron chi connectivity index (χ2n) is 5.59. The summed E-state index contributed by atoms with van der Waals surface area (Å²) < 4.78 is 47.6. The Morgan fingerprint density at radius 2 is 2.00 bits per heavy atom. The van der Waals surface area contributed by atoms with Gasteiger partial charge in [0.1, 0.15) is 0 Å². The molecule has 1 unspecified atom stereocenters. The van der Waals surface area contributed by atoms with Crippen LogP contribution >= 0.6 is 0 Å². The Labute approximate surface area is 134 Å². The standard InChI is InChI=1S/C15H20F2N2O3S/c1-18-12-3-2-8-19(10-12)14(20)9-11-4-6-13(7-5-11)23(21,22)15(16)17/h4-7,12,15,18H,2-3,8-10H2,1H3. The largest absolute Gasteiger partial charge is 0.341 e. The maximum atomic E-state index is 12.5. The predicted molar refractivity (Wildman–Crippen MR) is 82.0 cm³/mol. The van der Waals surface area contributed by atoms with Crippen LogP contribution in [0.2, 0.25) is 0 Å². The first-order chi connectivity index (χ1) is 10.8. The van der Waals surface area contributed by atoms with Crippen LogP contribution in [0.1, 0.15) is 18.4 Å². The molecular weight excluding hydrogens is 326 g/mol. The van der Waals surface area contributed by atoms with E-state index in [2.05, 4.69) is 5.32 Å². The zero-order chi connectivity index (χ0) is 17.0. The number of alkyl halides is 2. The van der Waals surface area contributed by atoms with Gasteiger partial charge < -0.3 is 10.2 Å². The van der Waals surface area contributed by atoms with E-state index in [0.717, 1.165) is 25.0 Å². The highest BCUT2D eigenvalue weighted by Crippen LogP contribution is 2.19. The summed E-state index contributed by atoms with van der Waals surface area (Å²) >= 11 is 0. The lowest BCUT2D eigenvalue weighted by molar-refractivity contribution is -0.131. The summed E-state index contributed by atoms with van der Waals surface area (Å²) in [7, 11) is -2.73. The van der Waals surface area contributed by atoms with Gasteiger partial charge in [-0.1, -0.05) is 12.1 Å². The number of carbonyl (C=O) groups is 1. The molecule has 128 valence electrons. The molecule has 1 aromatic carbocycles. The van der Waals surface area contributed by atoms with E-state index in [4.69, 9.17) is 0 Å². The lowest BCUT2D eigenvalue weighted by atomic mass is 10.0. The Kier molecular flexibility index (Phi) is 5.69. The number of nitrogens with one attached hydrogen (secondary N) is 1. The van der Waals surface area contributed by atoms with Gasteiger partial charge in [0.25, 0.3) is 0 Å². The van der Waals surface area contributed by atoms with Crippen molar-refractivity contribution in [2.75, 3.05) is 20.1 Å². The smallest absolute Gasteiger partial charge is 0.341 e. The summed E-state index contributed by atoms with van der Waals surface area (Å²) in [4.78, 5) is 13.6. The number of carbonyl (C=O) groups excluding carboxylic acids is 1. The molecule has 0 saturated carbocycles. The van der Waals surface area contributed by atoms with Gasteiger partial charge in [-0.05, 0) is 37.6 Å². The van der Waals surface area contributed by atoms with Crippen molar-refractivity contribution in [1.29, 1.82) is 0 Å². The van der Waals surface area contributed by atoms with Crippen LogP contribution in [0.3, 0.4) is 0 Å². The fourth-order valence-corrected chi connectivity index (χ4v) is 3.35. The van der Waals surface area contributed by atoms with Gasteiger partial charge in [0, 0.05) is 19.1 Å². The van der Waals surface area contributed by atoms with E-state index in [1.807, 2.05) is 7.05 Å². The highest BCUT2D eigenvalue weighted by atomic mass is 32.2. The number of halogens is 2. The van der Waals surface area contributed by atoms with Gasteiger partial charge in [-0.2, -0.15) is 8.78 Å². The van der Waals surface area contributed by atoms with Crippen LogP contribution in [-0.4, -0.2) is 51.2 Å². The van der Waals surface area contributed by atoms with E-state index in [-0.39, 0.29) is 18.4 Å². The van der Waals surface area contributed by atoms with E-state index in [1.165, 1.54) is 12.1 Å². The van der Waals surface area contributed by atoms with E-state index < -0.39 is 20.5 Å². The molecular formula is C15H20F2N2O3S. The summed E-state index contributed by atoms with van der Waals surface area (Å²) in [5.74, 6) is -3.49. The normalized spacial score (nSPS) is 19.1. The van der Waals surface area contributed by atoms with Crippen LogP contribution in [0.4, 0.5) is 8.78 Å². The molecule has 5 nitrogen and oxygen atoms in total. The van der Waals surface area contributed by atoms with Crippen LogP contribution in [0, 0.1) is 0 Å². The summed E-state index contributed by atoms with van der Waals surface area (Å²) in [6, 6.07) is 5.35. The van der Waals surface area contributed by atoms with Crippen LogP contribution in [0.5, 0.6) is 0 Å². The van der Waals surface area contributed by atoms with Crippen LogP contribution in [0.15, 0.2) is 29.2 Å². The van der Waals surface area contributed by atoms with Gasteiger partial charge in [0.2, 0.25) is 15.7 Å². The molecule has 1 aromatic rings. The topological polar surface area (TPSA) is 66.5 Å². The highest BCUT2D eigenvalue weighted by Gasteiger charge is 2.26. The van der Waals surface area contributed by atoms with Crippen LogP contribution in [0.25, 0.3) is 0 Å². The molecule has 1 aliphatic heterocycles. The zero-order valence-corrected chi connectivity index (χ0v) is 13.7. The number of hydrogen-bond acceptors (Lipinski definition) is 4. The van der Waals surface area contributed by atoms with E-state index >= 15 is 0 Å². The Morgan fingerprint density at radius 1 is 1.35 bits per heavy atom. The molecule has 8 heteroatoms. The summed E-state index contributed by atoms with van der Waals surface area (Å²) in [6.07, 6.45) is 2.09. The molecule has 1 atom stereocenters. The second kappa shape index (κ2) is 7.35. The Bertz CT molecular complexity index is 647. The number of likely N-dealkylation sites (tertiary alicyclic amines) is 1. The molecule has 0 aromatic heterocycles. The van der Waals surface area contributed by atoms with Crippen LogP contribution in [-0.2, 0) is 21.1 Å². The van der Waals surface area contributed by atoms with Gasteiger partial charge in [0.15, 0.2) is 0 Å². The SMILES string of the molecule is CNC1CCCN(C(=O)Cc2ccc(S(=O)(=O)C(F)F)cc2)C1. The number of nitrogens with zero attached hydrogens (tertiary/aromatic N) is 1. The Morgan fingerprint density at radius 3 is 2.57 bits per heavy atom. The fraction of sp³-hybridized carbons (Fsp3) is 0.533. The van der Waals surface area contributed by atoms with Crippen molar-refractivity contribution in [2.45, 2.75) is 36.0 Å². The van der Waals surface area contributed by atoms with E-state index in [1.54, 1.807) is 4.90 Å². The van der Waals surface area contributed by atoms with E-state index in [0.29, 0.717) is 18.7 Å². The number of rotatable bonds is 5. The van der Waals surface area contributed by atoms with Crippen molar-refractivity contribution >= 4 is 15.7 Å². The van der Waals surface area contributed by atoms with Crippen molar-refractivity contribution in [2.24, 2.45) is 0 Å². The minimum absolute atomic E-state index is 0.0468. The number of amides is 1. The second-order valence-corrected chi connectivity index (χ2v) is 7.51. The molecule has 0 bridgehead atoms. The van der Waals surface area contributed by atoms with Crippen molar-refractivity contribution in [3.05, 3.63) is 29.8 Å². The van der Waals surface area contributed by atoms with Gasteiger partial charge in [0.05, 0.1) is 11.3 Å². The average Bonchev–Trinajstić information content (AvgIpc) is 2.55. The number of benzene rings is 1. The predicted octanol–water partition coefficient (Wildman–Crippen LogP) is 1.44. The maximum absolute atomic E-state index is 12.5. The molecule has 0 spiro atoms. The molecule has 1 fully saturated rings. The summed E-state index contributed by atoms with van der Waals surface area (Å²) in [5, 5.41) is 3.16. The summed E-state index contributed by atoms with van der Waals surface area (Å²) in [5.41, 5.74) is 0.606. The van der Waals surface area contributed by atoms with Crippen molar-refractivity contribution < 1.29 is 22.0 Å². The Balaban J connectivity index is 2.02. The minimum Gasteiger partial charge on any atom is -0.341 e. The zero-order valence-electron chi connectivity index (χ0n) is 12.8. The average molecular weight is 346 g/mol. The third-order valence-corrected chi connectivity index (χ3v) is 5.42. The third-order valence-electron chi connectivity index (χ3n) is 4.02. The molecule has 1 N–H and O–H groups in total. The van der Waals surface area contributed by atoms with Gasteiger partial charge in [-0.25, -0.2) is 8.42 Å². The first kappa shape index (κ1) is 17.8. The number of piperidine rings is 1. The fourth-order valence-electron chi connectivity index (χ4n) is 2.63. The summed E-state index contributed by atoms with van der Waals surface area (Å²) in [6.45, 7) is 1.35. The first-order valence-electron chi connectivity index (χ1n) is 7.40. The monoisotopic (exact) mass is 346 g/mol. The molecule has 1 amide bonds. The number of hydrogen-bond donors (Lipinski definition) is 1. The highest BCUT2D eigenvalue weighted by molar-refractivity contribution is 7.91. The van der Waals surface area contributed by atoms with Crippen molar-refractivity contribution in [1.82, 2.24) is 10.2 Å². The van der Waals surface area contributed by atoms with E-state index in [9.17, 15) is 22.0 Å². The Hall–Kier alpha value is -1.54. The molecule has 23 heavy (non-hydrogen) atoms. The number of likely N-dealkylation sites (N-methyl/N-ethyl adjacent to an activating group) is 1. The quantitative estimate of drug-likeness (QED) is 0.876. The molecule has 2 rings (SSSR count). The third kappa shape index (κ3) is 4.26. The number of sulfone groups is 1. The van der Waals surface area contributed by atoms with Gasteiger partial charge >= 0.3 is 5.76 Å². The first-order valence-corrected chi connectivity index (χ1v) is 8.95. The molecule has 1 heterocycles. The van der Waals surface area contributed by atoms with Crippen LogP contribution < -0.4 is 5.32 Å².